The van der Waals surface area contributed by atoms with Crippen molar-refractivity contribution in [2.45, 2.75) is 13.8 Å². The summed E-state index contributed by atoms with van der Waals surface area (Å²) in [6.45, 7) is 4.07. The Hall–Kier alpha value is -1.07. The lowest BCUT2D eigenvalue weighted by Gasteiger charge is -2.07. The third kappa shape index (κ3) is 4.42. The van der Waals surface area contributed by atoms with Gasteiger partial charge in [0.05, 0.1) is 24.8 Å². The fraction of sp³-hybridized carbons (Fsp3) is 0.158. The van der Waals surface area contributed by atoms with E-state index in [-0.39, 0.29) is 5.91 Å². The largest absolute Gasteiger partial charge is 0.495 e. The molecular weight excluding hydrogens is 574 g/mol. The molecule has 1 fully saturated rings. The first-order valence-electron chi connectivity index (χ1n) is 7.77. The van der Waals surface area contributed by atoms with E-state index in [1.807, 2.05) is 37.3 Å². The Balaban J connectivity index is 1.88. The smallest absolute Gasteiger partial charge is 0.264 e. The van der Waals surface area contributed by atoms with Gasteiger partial charge in [-0.05, 0) is 106 Å². The van der Waals surface area contributed by atoms with Gasteiger partial charge in [-0.25, -0.2) is 4.99 Å². The van der Waals surface area contributed by atoms with E-state index in [0.717, 1.165) is 29.7 Å². The van der Waals surface area contributed by atoms with Crippen LogP contribution in [0.5, 0.6) is 5.75 Å². The van der Waals surface area contributed by atoms with Crippen LogP contribution in [-0.4, -0.2) is 18.2 Å². The number of nitrogens with zero attached hydrogens (tertiary/aromatic N) is 1. The van der Waals surface area contributed by atoms with E-state index in [1.165, 1.54) is 17.3 Å². The number of amidine groups is 1. The molecule has 3 rings (SSSR count). The predicted molar refractivity (Wildman–Crippen MR) is 125 cm³/mol. The number of carbonyl (C=O) groups is 1. The van der Waals surface area contributed by atoms with Crippen molar-refractivity contribution in [3.8, 4) is 5.75 Å². The highest BCUT2D eigenvalue weighted by Crippen LogP contribution is 2.32. The molecule has 0 spiro atoms. The molecule has 1 saturated heterocycles. The molecule has 0 unspecified atom stereocenters. The molecule has 0 saturated carbocycles. The summed E-state index contributed by atoms with van der Waals surface area (Å²) in [6, 6.07) is 10.1. The molecular formula is C19H16I2N2O2S. The van der Waals surface area contributed by atoms with Crippen molar-refractivity contribution in [2.24, 2.45) is 4.99 Å². The van der Waals surface area contributed by atoms with Gasteiger partial charge >= 0.3 is 0 Å². The van der Waals surface area contributed by atoms with Gasteiger partial charge in [0.15, 0.2) is 5.17 Å². The van der Waals surface area contributed by atoms with E-state index in [2.05, 4.69) is 68.5 Å². The van der Waals surface area contributed by atoms with Gasteiger partial charge in [0, 0.05) is 0 Å². The first-order valence-corrected chi connectivity index (χ1v) is 10.7. The standard InChI is InChI=1S/C19H16I2N2O2S/c1-10-4-5-15(11(2)6-10)22-19-23-18(24)16(26-19)9-12-7-13(20)17(25-3)14(21)8-12/h4-9H,1-3H3,(H,22,23,24)/b16-9+. The molecule has 2 aromatic carbocycles. The Bertz CT molecular complexity index is 932. The molecule has 1 N–H and O–H groups in total. The zero-order chi connectivity index (χ0) is 18.8. The molecule has 1 amide bonds. The van der Waals surface area contributed by atoms with E-state index in [0.29, 0.717) is 10.1 Å². The minimum Gasteiger partial charge on any atom is -0.495 e. The summed E-state index contributed by atoms with van der Waals surface area (Å²) in [4.78, 5) is 17.5. The maximum atomic E-state index is 12.3. The van der Waals surface area contributed by atoms with Crippen molar-refractivity contribution in [1.29, 1.82) is 0 Å². The highest BCUT2D eigenvalue weighted by Gasteiger charge is 2.24. The van der Waals surface area contributed by atoms with Crippen LogP contribution in [-0.2, 0) is 4.79 Å². The Kier molecular flexibility index (Phi) is 6.29. The van der Waals surface area contributed by atoms with Gasteiger partial charge in [0.25, 0.3) is 5.91 Å². The second-order valence-electron chi connectivity index (χ2n) is 5.79. The van der Waals surface area contributed by atoms with Crippen molar-refractivity contribution in [2.75, 3.05) is 7.11 Å². The molecule has 0 aromatic heterocycles. The summed E-state index contributed by atoms with van der Waals surface area (Å²) in [5.74, 6) is 0.730. The van der Waals surface area contributed by atoms with Crippen LogP contribution in [0.1, 0.15) is 16.7 Å². The molecule has 0 radical (unpaired) electrons. The molecule has 0 bridgehead atoms. The van der Waals surface area contributed by atoms with E-state index in [1.54, 1.807) is 7.11 Å². The summed E-state index contributed by atoms with van der Waals surface area (Å²) >= 11 is 5.83. The highest BCUT2D eigenvalue weighted by molar-refractivity contribution is 14.1. The second-order valence-corrected chi connectivity index (χ2v) is 9.14. The number of amides is 1. The zero-order valence-electron chi connectivity index (χ0n) is 14.4. The number of methoxy groups -OCH3 is 1. The molecule has 2 aromatic rings. The van der Waals surface area contributed by atoms with Crippen LogP contribution in [0, 0.1) is 21.0 Å². The molecule has 0 atom stereocenters. The van der Waals surface area contributed by atoms with E-state index >= 15 is 0 Å². The SMILES string of the molecule is COc1c(I)cc(/C=C2/SC(=Nc3ccc(C)cc3C)NC2=O)cc1I. The zero-order valence-corrected chi connectivity index (χ0v) is 19.5. The number of halogens is 2. The molecule has 0 aliphatic carbocycles. The van der Waals surface area contributed by atoms with Gasteiger partial charge in [0.2, 0.25) is 0 Å². The molecule has 1 heterocycles. The summed E-state index contributed by atoms with van der Waals surface area (Å²) in [5.41, 5.74) is 4.11. The van der Waals surface area contributed by atoms with Crippen LogP contribution >= 0.6 is 56.9 Å². The molecule has 4 nitrogen and oxygen atoms in total. The van der Waals surface area contributed by atoms with Crippen LogP contribution in [0.25, 0.3) is 6.08 Å². The molecule has 1 aliphatic heterocycles. The Morgan fingerprint density at radius 1 is 1.15 bits per heavy atom. The second kappa shape index (κ2) is 8.30. The third-order valence-corrected chi connectivity index (χ3v) is 6.26. The van der Waals surface area contributed by atoms with Crippen molar-refractivity contribution >= 4 is 79.8 Å². The normalized spacial score (nSPS) is 17.0. The number of hydrogen-bond acceptors (Lipinski definition) is 4. The topological polar surface area (TPSA) is 50.7 Å². The van der Waals surface area contributed by atoms with Crippen molar-refractivity contribution in [3.05, 3.63) is 59.1 Å². The predicted octanol–water partition coefficient (Wildman–Crippen LogP) is 5.41. The number of benzene rings is 2. The van der Waals surface area contributed by atoms with Crippen LogP contribution < -0.4 is 10.1 Å². The number of aryl methyl sites for hydroxylation is 2. The summed E-state index contributed by atoms with van der Waals surface area (Å²) in [7, 11) is 1.66. The average molecular weight is 590 g/mol. The van der Waals surface area contributed by atoms with Crippen molar-refractivity contribution < 1.29 is 9.53 Å². The average Bonchev–Trinajstić information content (AvgIpc) is 2.89. The van der Waals surface area contributed by atoms with Gasteiger partial charge in [-0.15, -0.1) is 0 Å². The summed E-state index contributed by atoms with van der Waals surface area (Å²) < 4.78 is 7.41. The quantitative estimate of drug-likeness (QED) is 0.385. The molecule has 134 valence electrons. The number of rotatable bonds is 3. The van der Waals surface area contributed by atoms with Crippen molar-refractivity contribution in [3.63, 3.8) is 0 Å². The van der Waals surface area contributed by atoms with Crippen LogP contribution in [0.4, 0.5) is 5.69 Å². The summed E-state index contributed by atoms with van der Waals surface area (Å²) in [5, 5.41) is 3.45. The number of hydrogen-bond donors (Lipinski definition) is 1. The van der Waals surface area contributed by atoms with Crippen LogP contribution in [0.15, 0.2) is 40.2 Å². The number of carbonyl (C=O) groups excluding carboxylic acids is 1. The number of nitrogens with one attached hydrogen (secondary N) is 1. The number of aliphatic imine (C=N–C) groups is 1. The fourth-order valence-corrected chi connectivity index (χ4v) is 5.62. The minimum absolute atomic E-state index is 0.126. The minimum atomic E-state index is -0.126. The lowest BCUT2D eigenvalue weighted by atomic mass is 10.1. The maximum Gasteiger partial charge on any atom is 0.264 e. The molecule has 1 aliphatic rings. The molecule has 26 heavy (non-hydrogen) atoms. The van der Waals surface area contributed by atoms with E-state index in [4.69, 9.17) is 4.74 Å². The highest BCUT2D eigenvalue weighted by atomic mass is 127. The lowest BCUT2D eigenvalue weighted by molar-refractivity contribution is -0.115. The lowest BCUT2D eigenvalue weighted by Crippen LogP contribution is -2.19. The number of ether oxygens (including phenoxy) is 1. The Morgan fingerprint density at radius 3 is 2.46 bits per heavy atom. The Morgan fingerprint density at radius 2 is 1.85 bits per heavy atom. The first-order chi connectivity index (χ1) is 12.4. The summed E-state index contributed by atoms with van der Waals surface area (Å²) in [6.07, 6.45) is 1.88. The van der Waals surface area contributed by atoms with Gasteiger partial charge in [-0.2, -0.15) is 0 Å². The van der Waals surface area contributed by atoms with Gasteiger partial charge in [0.1, 0.15) is 5.75 Å². The fourth-order valence-electron chi connectivity index (χ4n) is 2.53. The van der Waals surface area contributed by atoms with Gasteiger partial charge in [-0.1, -0.05) is 17.7 Å². The van der Waals surface area contributed by atoms with E-state index < -0.39 is 0 Å². The van der Waals surface area contributed by atoms with Crippen LogP contribution in [0.2, 0.25) is 0 Å². The third-order valence-electron chi connectivity index (χ3n) is 3.75. The first kappa shape index (κ1) is 19.7. The maximum absolute atomic E-state index is 12.3. The van der Waals surface area contributed by atoms with Gasteiger partial charge < -0.3 is 10.1 Å². The van der Waals surface area contributed by atoms with Crippen LogP contribution in [0.3, 0.4) is 0 Å². The van der Waals surface area contributed by atoms with Gasteiger partial charge in [-0.3, -0.25) is 4.79 Å². The Labute approximate surface area is 184 Å². The van der Waals surface area contributed by atoms with Crippen molar-refractivity contribution in [1.82, 2.24) is 5.32 Å². The number of thioether (sulfide) groups is 1. The van der Waals surface area contributed by atoms with E-state index in [9.17, 15) is 4.79 Å². The molecule has 7 heteroatoms. The monoisotopic (exact) mass is 590 g/mol.